The fraction of sp³-hybridized carbons (Fsp3) is 0.316. The van der Waals surface area contributed by atoms with Crippen molar-refractivity contribution in [2.24, 2.45) is 0 Å². The second kappa shape index (κ2) is 7.71. The molecule has 1 atom stereocenters. The van der Waals surface area contributed by atoms with Crippen molar-refractivity contribution in [3.05, 3.63) is 48.4 Å². The van der Waals surface area contributed by atoms with Gasteiger partial charge in [-0.15, -0.1) is 0 Å². The van der Waals surface area contributed by atoms with E-state index in [0.29, 0.717) is 29.5 Å². The zero-order valence-corrected chi connectivity index (χ0v) is 14.6. The van der Waals surface area contributed by atoms with Crippen LogP contribution in [0.5, 0.6) is 0 Å². The molecule has 0 bridgehead atoms. The average Bonchev–Trinajstić information content (AvgIpc) is 3.42. The van der Waals surface area contributed by atoms with Crippen molar-refractivity contribution in [1.29, 1.82) is 0 Å². The minimum atomic E-state index is -0.328. The third kappa shape index (κ3) is 4.06. The van der Waals surface area contributed by atoms with E-state index in [4.69, 9.17) is 9.26 Å². The minimum Gasteiger partial charge on any atom is -0.376 e. The van der Waals surface area contributed by atoms with E-state index in [-0.39, 0.29) is 24.4 Å². The number of halogens is 1. The molecule has 140 valence electrons. The maximum absolute atomic E-state index is 13.1. The summed E-state index contributed by atoms with van der Waals surface area (Å²) in [7, 11) is 0. The molecule has 27 heavy (non-hydrogen) atoms. The molecule has 0 unspecified atom stereocenters. The van der Waals surface area contributed by atoms with Crippen LogP contribution < -0.4 is 5.32 Å². The first-order chi connectivity index (χ1) is 13.2. The first-order valence-electron chi connectivity index (χ1n) is 8.82. The predicted molar refractivity (Wildman–Crippen MR) is 95.1 cm³/mol. The average molecular weight is 370 g/mol. The Bertz CT molecular complexity index is 913. The Balaban J connectivity index is 1.44. The molecule has 0 radical (unpaired) electrons. The van der Waals surface area contributed by atoms with Gasteiger partial charge in [-0.25, -0.2) is 4.39 Å². The summed E-state index contributed by atoms with van der Waals surface area (Å²) in [5.74, 6) is 0.221. The van der Waals surface area contributed by atoms with Gasteiger partial charge in [0.2, 0.25) is 11.7 Å². The molecule has 1 amide bonds. The second-order valence-electron chi connectivity index (χ2n) is 6.39. The van der Waals surface area contributed by atoms with Crippen LogP contribution in [0, 0.1) is 5.82 Å². The Morgan fingerprint density at radius 1 is 1.30 bits per heavy atom. The van der Waals surface area contributed by atoms with Crippen LogP contribution >= 0.6 is 0 Å². The molecule has 3 aromatic rings. The number of hydrogen-bond acceptors (Lipinski definition) is 5. The SMILES string of the molecule is O=C(Cn1cccc1-c1nc(-c2ccc(F)cc2)no1)NC[C@@H]1CCCO1. The molecule has 8 heteroatoms. The Morgan fingerprint density at radius 3 is 2.93 bits per heavy atom. The molecule has 0 aliphatic carbocycles. The third-order valence-electron chi connectivity index (χ3n) is 4.44. The van der Waals surface area contributed by atoms with Crippen molar-refractivity contribution in [1.82, 2.24) is 20.0 Å². The van der Waals surface area contributed by atoms with Crippen LogP contribution in [0.3, 0.4) is 0 Å². The molecule has 3 heterocycles. The highest BCUT2D eigenvalue weighted by molar-refractivity contribution is 5.76. The Kier molecular flexibility index (Phi) is 4.97. The Hall–Kier alpha value is -3.00. The summed E-state index contributed by atoms with van der Waals surface area (Å²) in [6, 6.07) is 9.46. The Labute approximate surface area is 155 Å². The number of carbonyl (C=O) groups excluding carboxylic acids is 1. The van der Waals surface area contributed by atoms with Crippen LogP contribution in [0.15, 0.2) is 47.1 Å². The molecular formula is C19H19FN4O3. The van der Waals surface area contributed by atoms with Crippen LogP contribution in [0.2, 0.25) is 0 Å². The predicted octanol–water partition coefficient (Wildman–Crippen LogP) is 2.64. The van der Waals surface area contributed by atoms with Gasteiger partial charge in [0.1, 0.15) is 18.1 Å². The summed E-state index contributed by atoms with van der Waals surface area (Å²) in [6.07, 6.45) is 3.90. The summed E-state index contributed by atoms with van der Waals surface area (Å²) >= 11 is 0. The maximum Gasteiger partial charge on any atom is 0.274 e. The van der Waals surface area contributed by atoms with Crippen molar-refractivity contribution < 1.29 is 18.4 Å². The van der Waals surface area contributed by atoms with Gasteiger partial charge in [0.05, 0.1) is 6.10 Å². The van der Waals surface area contributed by atoms with Gasteiger partial charge in [-0.05, 0) is 49.2 Å². The number of amides is 1. The molecule has 1 aliphatic rings. The van der Waals surface area contributed by atoms with Gasteiger partial charge in [-0.3, -0.25) is 4.79 Å². The lowest BCUT2D eigenvalue weighted by molar-refractivity contribution is -0.122. The van der Waals surface area contributed by atoms with Gasteiger partial charge in [0.25, 0.3) is 5.89 Å². The molecule has 1 aliphatic heterocycles. The number of nitrogens with zero attached hydrogens (tertiary/aromatic N) is 3. The first-order valence-corrected chi connectivity index (χ1v) is 8.82. The number of aromatic nitrogens is 3. The number of nitrogens with one attached hydrogen (secondary N) is 1. The summed E-state index contributed by atoms with van der Waals surface area (Å²) < 4.78 is 25.6. The van der Waals surface area contributed by atoms with Gasteiger partial charge in [-0.1, -0.05) is 5.16 Å². The molecule has 0 spiro atoms. The van der Waals surface area contributed by atoms with E-state index in [0.717, 1.165) is 19.4 Å². The van der Waals surface area contributed by atoms with Crippen molar-refractivity contribution in [3.63, 3.8) is 0 Å². The topological polar surface area (TPSA) is 82.2 Å². The standard InChI is InChI=1S/C19H19FN4O3/c20-14-7-5-13(6-8-14)18-22-19(27-23-18)16-4-1-9-24(16)12-17(25)21-11-15-3-2-10-26-15/h1,4-9,15H,2-3,10-12H2,(H,21,25)/t15-/m0/s1. The normalized spacial score (nSPS) is 16.6. The summed E-state index contributed by atoms with van der Waals surface area (Å²) in [5.41, 5.74) is 1.29. The van der Waals surface area contributed by atoms with Crippen molar-refractivity contribution in [2.75, 3.05) is 13.2 Å². The lowest BCUT2D eigenvalue weighted by Gasteiger charge is -2.11. The number of ether oxygens (including phenoxy) is 1. The van der Waals surface area contributed by atoms with Crippen molar-refractivity contribution in [2.45, 2.75) is 25.5 Å². The molecule has 1 N–H and O–H groups in total. The zero-order valence-electron chi connectivity index (χ0n) is 14.6. The van der Waals surface area contributed by atoms with E-state index < -0.39 is 0 Å². The van der Waals surface area contributed by atoms with E-state index >= 15 is 0 Å². The third-order valence-corrected chi connectivity index (χ3v) is 4.44. The van der Waals surface area contributed by atoms with E-state index in [1.165, 1.54) is 12.1 Å². The lowest BCUT2D eigenvalue weighted by Crippen LogP contribution is -2.34. The fourth-order valence-electron chi connectivity index (χ4n) is 3.03. The highest BCUT2D eigenvalue weighted by Gasteiger charge is 2.18. The van der Waals surface area contributed by atoms with Crippen LogP contribution in [-0.2, 0) is 16.1 Å². The quantitative estimate of drug-likeness (QED) is 0.721. The Morgan fingerprint density at radius 2 is 2.15 bits per heavy atom. The van der Waals surface area contributed by atoms with Gasteiger partial charge in [0.15, 0.2) is 0 Å². The molecule has 0 saturated carbocycles. The van der Waals surface area contributed by atoms with Crippen LogP contribution in [0.25, 0.3) is 23.0 Å². The van der Waals surface area contributed by atoms with E-state index in [1.807, 2.05) is 6.07 Å². The minimum absolute atomic E-state index is 0.104. The van der Waals surface area contributed by atoms with E-state index in [2.05, 4.69) is 15.5 Å². The van der Waals surface area contributed by atoms with E-state index in [9.17, 15) is 9.18 Å². The van der Waals surface area contributed by atoms with Crippen LogP contribution in [-0.4, -0.2) is 39.9 Å². The number of rotatable bonds is 6. The number of carbonyl (C=O) groups is 1. The van der Waals surface area contributed by atoms with Crippen LogP contribution in [0.1, 0.15) is 12.8 Å². The largest absolute Gasteiger partial charge is 0.376 e. The molecule has 7 nitrogen and oxygen atoms in total. The highest BCUT2D eigenvalue weighted by Crippen LogP contribution is 2.23. The monoisotopic (exact) mass is 370 g/mol. The van der Waals surface area contributed by atoms with E-state index in [1.54, 1.807) is 29.0 Å². The van der Waals surface area contributed by atoms with Gasteiger partial charge < -0.3 is 19.1 Å². The summed E-state index contributed by atoms with van der Waals surface area (Å²) in [4.78, 5) is 16.6. The second-order valence-corrected chi connectivity index (χ2v) is 6.39. The van der Waals surface area contributed by atoms with Crippen LogP contribution in [0.4, 0.5) is 4.39 Å². The van der Waals surface area contributed by atoms with Crippen molar-refractivity contribution >= 4 is 5.91 Å². The molecular weight excluding hydrogens is 351 g/mol. The fourth-order valence-corrected chi connectivity index (χ4v) is 3.03. The lowest BCUT2D eigenvalue weighted by atomic mass is 10.2. The van der Waals surface area contributed by atoms with Gasteiger partial charge in [-0.2, -0.15) is 4.98 Å². The maximum atomic E-state index is 13.1. The van der Waals surface area contributed by atoms with Crippen molar-refractivity contribution in [3.8, 4) is 23.0 Å². The number of hydrogen-bond donors (Lipinski definition) is 1. The van der Waals surface area contributed by atoms with Gasteiger partial charge in [0, 0.05) is 24.9 Å². The summed E-state index contributed by atoms with van der Waals surface area (Å²) in [6.45, 7) is 1.42. The molecule has 4 rings (SSSR count). The molecule has 1 aromatic carbocycles. The summed E-state index contributed by atoms with van der Waals surface area (Å²) in [5, 5.41) is 6.83. The first kappa shape index (κ1) is 17.4. The molecule has 1 saturated heterocycles. The number of benzene rings is 1. The molecule has 1 fully saturated rings. The highest BCUT2D eigenvalue weighted by atomic mass is 19.1. The van der Waals surface area contributed by atoms with Gasteiger partial charge >= 0.3 is 0 Å². The smallest absolute Gasteiger partial charge is 0.274 e. The molecule has 2 aromatic heterocycles. The zero-order chi connectivity index (χ0) is 18.6.